The molecule has 12 heavy (non-hydrogen) atoms. The molecule has 0 aromatic heterocycles. The van der Waals surface area contributed by atoms with Gasteiger partial charge in [0.1, 0.15) is 0 Å². The van der Waals surface area contributed by atoms with E-state index in [0.29, 0.717) is 17.3 Å². The van der Waals surface area contributed by atoms with Gasteiger partial charge in [-0.25, -0.2) is 0 Å². The molecule has 0 radical (unpaired) electrons. The standard InChI is InChI=1S/C8H12N2.C2H6/c1-6-3-2-4-7(9)8(10)5-6;1-2/h2-6H,9-10H2,1H3;1-2H3. The Balaban J connectivity index is 0.000000561. The highest BCUT2D eigenvalue weighted by atomic mass is 14.7. The van der Waals surface area contributed by atoms with Crippen molar-refractivity contribution in [2.75, 3.05) is 0 Å². The molecule has 4 N–H and O–H groups in total. The molecule has 1 unspecified atom stereocenters. The third kappa shape index (κ3) is 3.28. The molecule has 0 heterocycles. The van der Waals surface area contributed by atoms with Gasteiger partial charge in [0.05, 0.1) is 11.4 Å². The molecule has 0 bridgehead atoms. The van der Waals surface area contributed by atoms with E-state index in [4.69, 9.17) is 11.5 Å². The second-order valence-corrected chi connectivity index (χ2v) is 2.49. The maximum Gasteiger partial charge on any atom is 0.0544 e. The fourth-order valence-corrected chi connectivity index (χ4v) is 0.866. The zero-order valence-corrected chi connectivity index (χ0v) is 8.04. The summed E-state index contributed by atoms with van der Waals surface area (Å²) < 4.78 is 0. The van der Waals surface area contributed by atoms with Crippen LogP contribution >= 0.6 is 0 Å². The van der Waals surface area contributed by atoms with Crippen LogP contribution in [0.15, 0.2) is 35.7 Å². The molecule has 2 heteroatoms. The third-order valence-corrected chi connectivity index (χ3v) is 1.47. The fourth-order valence-electron chi connectivity index (χ4n) is 0.866. The lowest BCUT2D eigenvalue weighted by atomic mass is 10.1. The smallest absolute Gasteiger partial charge is 0.0544 e. The monoisotopic (exact) mass is 166 g/mol. The molecule has 0 saturated carbocycles. The van der Waals surface area contributed by atoms with Crippen LogP contribution in [0.1, 0.15) is 20.8 Å². The first-order chi connectivity index (χ1) is 5.70. The van der Waals surface area contributed by atoms with E-state index >= 15 is 0 Å². The van der Waals surface area contributed by atoms with E-state index in [0.717, 1.165) is 0 Å². The first kappa shape index (κ1) is 10.8. The molecule has 1 aliphatic carbocycles. The zero-order chi connectivity index (χ0) is 9.56. The number of rotatable bonds is 0. The van der Waals surface area contributed by atoms with Crippen molar-refractivity contribution in [1.29, 1.82) is 0 Å². The van der Waals surface area contributed by atoms with Crippen LogP contribution in [0.2, 0.25) is 0 Å². The van der Waals surface area contributed by atoms with Crippen LogP contribution < -0.4 is 11.5 Å². The average Bonchev–Trinajstić information content (AvgIpc) is 2.19. The molecule has 0 aliphatic heterocycles. The van der Waals surface area contributed by atoms with Crippen LogP contribution in [0, 0.1) is 5.92 Å². The van der Waals surface area contributed by atoms with Crippen LogP contribution in [0.3, 0.4) is 0 Å². The SMILES string of the molecule is CC.CC1C=CC=C(N)C(N)=C1. The molecule has 0 fully saturated rings. The van der Waals surface area contributed by atoms with Crippen LogP contribution in [0.5, 0.6) is 0 Å². The van der Waals surface area contributed by atoms with Crippen molar-refractivity contribution in [1.82, 2.24) is 0 Å². The van der Waals surface area contributed by atoms with E-state index in [2.05, 4.69) is 6.92 Å². The van der Waals surface area contributed by atoms with Gasteiger partial charge in [0.25, 0.3) is 0 Å². The van der Waals surface area contributed by atoms with Gasteiger partial charge in [-0.15, -0.1) is 0 Å². The Morgan fingerprint density at radius 3 is 2.33 bits per heavy atom. The van der Waals surface area contributed by atoms with Crippen molar-refractivity contribution in [3.05, 3.63) is 35.7 Å². The highest BCUT2D eigenvalue weighted by Crippen LogP contribution is 2.09. The van der Waals surface area contributed by atoms with E-state index in [1.54, 1.807) is 0 Å². The minimum Gasteiger partial charge on any atom is -0.397 e. The second-order valence-electron chi connectivity index (χ2n) is 2.49. The molecule has 0 aromatic carbocycles. The summed E-state index contributed by atoms with van der Waals surface area (Å²) in [4.78, 5) is 0. The molecule has 0 amide bonds. The summed E-state index contributed by atoms with van der Waals surface area (Å²) in [6, 6.07) is 0. The summed E-state index contributed by atoms with van der Waals surface area (Å²) in [6.07, 6.45) is 7.73. The lowest BCUT2D eigenvalue weighted by Crippen LogP contribution is -2.08. The molecule has 68 valence electrons. The molecule has 0 aromatic rings. The Morgan fingerprint density at radius 1 is 1.17 bits per heavy atom. The lowest BCUT2D eigenvalue weighted by Gasteiger charge is -1.99. The number of hydrogen-bond donors (Lipinski definition) is 2. The average molecular weight is 166 g/mol. The fraction of sp³-hybridized carbons (Fsp3) is 0.400. The highest BCUT2D eigenvalue weighted by Gasteiger charge is 1.99. The lowest BCUT2D eigenvalue weighted by molar-refractivity contribution is 0.927. The van der Waals surface area contributed by atoms with E-state index in [9.17, 15) is 0 Å². The van der Waals surface area contributed by atoms with Crippen molar-refractivity contribution in [2.24, 2.45) is 17.4 Å². The van der Waals surface area contributed by atoms with Gasteiger partial charge in [-0.05, 0) is 12.0 Å². The normalized spacial score (nSPS) is 21.4. The van der Waals surface area contributed by atoms with Crippen molar-refractivity contribution >= 4 is 0 Å². The predicted molar refractivity (Wildman–Crippen MR) is 54.2 cm³/mol. The van der Waals surface area contributed by atoms with Crippen LogP contribution in [0.25, 0.3) is 0 Å². The Labute approximate surface area is 74.6 Å². The highest BCUT2D eigenvalue weighted by molar-refractivity contribution is 5.32. The molecule has 0 spiro atoms. The maximum atomic E-state index is 5.60. The van der Waals surface area contributed by atoms with E-state index in [1.165, 1.54) is 0 Å². The molecule has 2 nitrogen and oxygen atoms in total. The predicted octanol–water partition coefficient (Wildman–Crippen LogP) is 1.90. The Kier molecular flexibility index (Phi) is 4.93. The summed E-state index contributed by atoms with van der Waals surface area (Å²) >= 11 is 0. The minimum absolute atomic E-state index is 0.386. The van der Waals surface area contributed by atoms with Gasteiger partial charge >= 0.3 is 0 Å². The largest absolute Gasteiger partial charge is 0.397 e. The molecule has 1 aliphatic rings. The van der Waals surface area contributed by atoms with Gasteiger partial charge < -0.3 is 11.5 Å². The van der Waals surface area contributed by atoms with E-state index in [1.807, 2.05) is 38.2 Å². The van der Waals surface area contributed by atoms with Gasteiger partial charge in [0.15, 0.2) is 0 Å². The van der Waals surface area contributed by atoms with Gasteiger partial charge in [0.2, 0.25) is 0 Å². The summed E-state index contributed by atoms with van der Waals surface area (Å²) in [5.41, 5.74) is 12.5. The van der Waals surface area contributed by atoms with E-state index < -0.39 is 0 Å². The van der Waals surface area contributed by atoms with Crippen molar-refractivity contribution in [2.45, 2.75) is 20.8 Å². The maximum absolute atomic E-state index is 5.60. The molecular weight excluding hydrogens is 148 g/mol. The van der Waals surface area contributed by atoms with Gasteiger partial charge in [-0.2, -0.15) is 0 Å². The molecule has 1 rings (SSSR count). The van der Waals surface area contributed by atoms with E-state index in [-0.39, 0.29) is 0 Å². The summed E-state index contributed by atoms with van der Waals surface area (Å²) in [5, 5.41) is 0. The summed E-state index contributed by atoms with van der Waals surface area (Å²) in [6.45, 7) is 6.07. The Bertz CT molecular complexity index is 212. The second kappa shape index (κ2) is 5.47. The first-order valence-electron chi connectivity index (χ1n) is 4.32. The van der Waals surface area contributed by atoms with Gasteiger partial charge in [-0.3, -0.25) is 0 Å². The quantitative estimate of drug-likeness (QED) is 0.577. The minimum atomic E-state index is 0.386. The number of allylic oxidation sites excluding steroid dienone is 4. The molecular formula is C10H18N2. The summed E-state index contributed by atoms with van der Waals surface area (Å²) in [5.74, 6) is 0.386. The zero-order valence-electron chi connectivity index (χ0n) is 8.04. The van der Waals surface area contributed by atoms with Crippen molar-refractivity contribution < 1.29 is 0 Å². The Hall–Kier alpha value is -1.18. The van der Waals surface area contributed by atoms with Crippen molar-refractivity contribution in [3.8, 4) is 0 Å². The first-order valence-corrected chi connectivity index (χ1v) is 4.32. The topological polar surface area (TPSA) is 52.0 Å². The van der Waals surface area contributed by atoms with Crippen LogP contribution in [0.4, 0.5) is 0 Å². The van der Waals surface area contributed by atoms with Crippen molar-refractivity contribution in [3.63, 3.8) is 0 Å². The summed E-state index contributed by atoms with van der Waals surface area (Å²) in [7, 11) is 0. The van der Waals surface area contributed by atoms with Gasteiger partial charge in [0, 0.05) is 0 Å². The molecule has 1 atom stereocenters. The van der Waals surface area contributed by atoms with Crippen LogP contribution in [-0.2, 0) is 0 Å². The number of nitrogens with two attached hydrogens (primary N) is 2. The number of hydrogen-bond acceptors (Lipinski definition) is 2. The van der Waals surface area contributed by atoms with Gasteiger partial charge in [-0.1, -0.05) is 39.0 Å². The molecule has 0 saturated heterocycles. The third-order valence-electron chi connectivity index (χ3n) is 1.47. The van der Waals surface area contributed by atoms with Crippen LogP contribution in [-0.4, -0.2) is 0 Å². The Morgan fingerprint density at radius 2 is 1.75 bits per heavy atom.